The van der Waals surface area contributed by atoms with E-state index in [2.05, 4.69) is 84.0 Å². The van der Waals surface area contributed by atoms with Crippen molar-refractivity contribution in [2.24, 2.45) is 0 Å². The highest BCUT2D eigenvalue weighted by Gasteiger charge is 2.29. The van der Waals surface area contributed by atoms with E-state index in [1.807, 2.05) is 0 Å². The smallest absolute Gasteiger partial charge is 0.0854 e. The molecule has 0 aromatic heterocycles. The van der Waals surface area contributed by atoms with E-state index >= 15 is 0 Å². The Morgan fingerprint density at radius 2 is 1.08 bits per heavy atom. The molecule has 2 aromatic rings. The predicted molar refractivity (Wildman–Crippen MR) is 108 cm³/mol. The normalized spacial score (nSPS) is 13.3. The van der Waals surface area contributed by atoms with Crippen LogP contribution in [-0.4, -0.2) is 6.71 Å². The van der Waals surface area contributed by atoms with Crippen molar-refractivity contribution < 1.29 is 0 Å². The van der Waals surface area contributed by atoms with Crippen LogP contribution in [0.3, 0.4) is 0 Å². The Labute approximate surface area is 147 Å². The molecule has 0 aliphatic heterocycles. The molecule has 0 amide bonds. The van der Waals surface area contributed by atoms with Crippen LogP contribution < -0.4 is 10.9 Å². The summed E-state index contributed by atoms with van der Waals surface area (Å²) in [4.78, 5) is 0. The van der Waals surface area contributed by atoms with Crippen LogP contribution in [0.5, 0.6) is 0 Å². The van der Waals surface area contributed by atoms with Gasteiger partial charge in [0.15, 0.2) is 0 Å². The lowest BCUT2D eigenvalue weighted by Crippen LogP contribution is -2.48. The van der Waals surface area contributed by atoms with Crippen LogP contribution in [0.15, 0.2) is 48.0 Å². The van der Waals surface area contributed by atoms with Crippen LogP contribution in [0.2, 0.25) is 0 Å². The summed E-state index contributed by atoms with van der Waals surface area (Å²) in [6, 6.07) is 9.31. The van der Waals surface area contributed by atoms with Crippen molar-refractivity contribution in [3.63, 3.8) is 0 Å². The third kappa shape index (κ3) is 3.00. The highest BCUT2D eigenvalue weighted by atomic mass is 14.1. The molecule has 3 rings (SSSR count). The van der Waals surface area contributed by atoms with E-state index in [0.29, 0.717) is 6.71 Å². The van der Waals surface area contributed by atoms with E-state index in [9.17, 15) is 0 Å². The first-order valence-corrected chi connectivity index (χ1v) is 8.90. The van der Waals surface area contributed by atoms with Crippen molar-refractivity contribution in [2.75, 3.05) is 0 Å². The second kappa shape index (κ2) is 6.47. The Bertz CT molecular complexity index is 749. The van der Waals surface area contributed by atoms with Gasteiger partial charge in [-0.05, 0) is 48.0 Å². The Morgan fingerprint density at radius 1 is 0.667 bits per heavy atom. The standard InChI is InChI=1S/C23H27B/c1-15-11-17(3)22(18(4)12-15)24(21-9-7-8-10-21)23-19(5)13-16(2)14-20(23)6/h7,9-14H,8H2,1-6H3. The highest BCUT2D eigenvalue weighted by Crippen LogP contribution is 2.19. The van der Waals surface area contributed by atoms with Gasteiger partial charge in [-0.2, -0.15) is 0 Å². The van der Waals surface area contributed by atoms with Crippen molar-refractivity contribution in [1.82, 2.24) is 0 Å². The number of rotatable bonds is 3. The van der Waals surface area contributed by atoms with Gasteiger partial charge in [0.25, 0.3) is 0 Å². The molecule has 2 aromatic carbocycles. The molecule has 0 radical (unpaired) electrons. The van der Waals surface area contributed by atoms with E-state index < -0.39 is 0 Å². The van der Waals surface area contributed by atoms with Crippen molar-refractivity contribution in [3.8, 4) is 0 Å². The molecule has 0 atom stereocenters. The molecule has 0 heterocycles. The highest BCUT2D eigenvalue weighted by molar-refractivity contribution is 6.92. The fraction of sp³-hybridized carbons (Fsp3) is 0.304. The van der Waals surface area contributed by atoms with Crippen molar-refractivity contribution in [3.05, 3.63) is 81.3 Å². The lowest BCUT2D eigenvalue weighted by molar-refractivity contribution is 1.33. The zero-order chi connectivity index (χ0) is 17.4. The lowest BCUT2D eigenvalue weighted by atomic mass is 9.33. The fourth-order valence-corrected chi connectivity index (χ4v) is 4.46. The van der Waals surface area contributed by atoms with E-state index in [-0.39, 0.29) is 0 Å². The number of benzene rings is 2. The Morgan fingerprint density at radius 3 is 1.42 bits per heavy atom. The molecule has 0 spiro atoms. The van der Waals surface area contributed by atoms with Crippen LogP contribution in [0.25, 0.3) is 0 Å². The van der Waals surface area contributed by atoms with Crippen molar-refractivity contribution in [2.45, 2.75) is 48.0 Å². The SMILES string of the molecule is Cc1cc(C)c(B(C2=CCC=C2)c2c(C)cc(C)cc2C)c(C)c1. The molecule has 0 nitrogen and oxygen atoms in total. The Hall–Kier alpha value is -2.02. The zero-order valence-electron chi connectivity index (χ0n) is 15.8. The largest absolute Gasteiger partial charge is 0.242 e. The maximum absolute atomic E-state index is 2.39. The molecule has 0 fully saturated rings. The number of aryl methyl sites for hydroxylation is 6. The van der Waals surface area contributed by atoms with Crippen LogP contribution in [0, 0.1) is 41.5 Å². The molecule has 0 unspecified atom stereocenters. The summed E-state index contributed by atoms with van der Waals surface area (Å²) >= 11 is 0. The molecule has 1 aliphatic rings. The van der Waals surface area contributed by atoms with Crippen molar-refractivity contribution in [1.29, 1.82) is 0 Å². The van der Waals surface area contributed by atoms with Gasteiger partial charge in [-0.3, -0.25) is 0 Å². The molecule has 1 aliphatic carbocycles. The minimum Gasteiger partial charge on any atom is -0.0854 e. The van der Waals surface area contributed by atoms with Crippen LogP contribution in [0.1, 0.15) is 39.8 Å². The maximum Gasteiger partial charge on any atom is 0.242 e. The maximum atomic E-state index is 2.39. The summed E-state index contributed by atoms with van der Waals surface area (Å²) in [7, 11) is 0. The number of hydrogen-bond donors (Lipinski definition) is 0. The predicted octanol–water partition coefficient (Wildman–Crippen LogP) is 4.57. The van der Waals surface area contributed by atoms with Crippen LogP contribution in [-0.2, 0) is 0 Å². The first-order valence-electron chi connectivity index (χ1n) is 8.90. The molecular formula is C23H27B. The second-order valence-electron chi connectivity index (χ2n) is 7.40. The Balaban J connectivity index is 2.30. The fourth-order valence-electron chi connectivity index (χ4n) is 4.46. The van der Waals surface area contributed by atoms with E-state index in [4.69, 9.17) is 0 Å². The van der Waals surface area contributed by atoms with E-state index in [1.54, 1.807) is 0 Å². The molecular weight excluding hydrogens is 287 g/mol. The van der Waals surface area contributed by atoms with Crippen LogP contribution >= 0.6 is 0 Å². The van der Waals surface area contributed by atoms with Gasteiger partial charge in [0.2, 0.25) is 6.71 Å². The van der Waals surface area contributed by atoms with E-state index in [0.717, 1.165) is 6.42 Å². The van der Waals surface area contributed by atoms with Crippen molar-refractivity contribution >= 4 is 17.6 Å². The van der Waals surface area contributed by atoms with Gasteiger partial charge >= 0.3 is 0 Å². The molecule has 1 heteroatoms. The minimum atomic E-state index is 0.338. The average molecular weight is 314 g/mol. The third-order valence-electron chi connectivity index (χ3n) is 5.19. The average Bonchev–Trinajstić information content (AvgIpc) is 2.97. The molecule has 0 saturated carbocycles. The van der Waals surface area contributed by atoms with Gasteiger partial charge in [0.1, 0.15) is 0 Å². The van der Waals surface area contributed by atoms with Crippen LogP contribution in [0.4, 0.5) is 0 Å². The Kier molecular flexibility index (Phi) is 4.54. The molecule has 24 heavy (non-hydrogen) atoms. The van der Waals surface area contributed by atoms with Gasteiger partial charge in [-0.15, -0.1) is 0 Å². The molecule has 0 bridgehead atoms. The second-order valence-corrected chi connectivity index (χ2v) is 7.40. The zero-order valence-corrected chi connectivity index (χ0v) is 15.8. The summed E-state index contributed by atoms with van der Waals surface area (Å²) in [5, 5.41) is 0. The quantitative estimate of drug-likeness (QED) is 0.728. The summed E-state index contributed by atoms with van der Waals surface area (Å²) in [6.45, 7) is 13.8. The number of hydrogen-bond acceptors (Lipinski definition) is 0. The summed E-state index contributed by atoms with van der Waals surface area (Å²) < 4.78 is 0. The summed E-state index contributed by atoms with van der Waals surface area (Å²) in [5.74, 6) is 0. The van der Waals surface area contributed by atoms with Gasteiger partial charge in [-0.1, -0.05) is 92.3 Å². The summed E-state index contributed by atoms with van der Waals surface area (Å²) in [6.07, 6.45) is 8.05. The summed E-state index contributed by atoms with van der Waals surface area (Å²) in [5.41, 5.74) is 12.7. The third-order valence-corrected chi connectivity index (χ3v) is 5.19. The minimum absolute atomic E-state index is 0.338. The van der Waals surface area contributed by atoms with Gasteiger partial charge in [-0.25, -0.2) is 0 Å². The van der Waals surface area contributed by atoms with Gasteiger partial charge < -0.3 is 0 Å². The van der Waals surface area contributed by atoms with Gasteiger partial charge in [0.05, 0.1) is 0 Å². The monoisotopic (exact) mass is 314 g/mol. The molecule has 122 valence electrons. The van der Waals surface area contributed by atoms with Gasteiger partial charge in [0, 0.05) is 0 Å². The number of allylic oxidation sites excluding steroid dienone is 4. The molecule has 0 N–H and O–H groups in total. The lowest BCUT2D eigenvalue weighted by Gasteiger charge is -2.24. The first kappa shape index (κ1) is 16.8. The topological polar surface area (TPSA) is 0 Å². The first-order chi connectivity index (χ1) is 11.4. The van der Waals surface area contributed by atoms with E-state index in [1.165, 1.54) is 49.8 Å². The molecule has 0 saturated heterocycles.